The number of alkyl halides is 1. The summed E-state index contributed by atoms with van der Waals surface area (Å²) in [5.41, 5.74) is 0. The molecule has 0 rings (SSSR count). The van der Waals surface area contributed by atoms with Crippen molar-refractivity contribution in [2.45, 2.75) is 30.3 Å². The van der Waals surface area contributed by atoms with Gasteiger partial charge in [-0.2, -0.15) is 0 Å². The first kappa shape index (κ1) is 13.9. The van der Waals surface area contributed by atoms with Crippen LogP contribution in [0.5, 0.6) is 0 Å². The molecule has 0 aliphatic carbocycles. The van der Waals surface area contributed by atoms with Crippen LogP contribution in [0.4, 0.5) is 0 Å². The van der Waals surface area contributed by atoms with E-state index in [4.69, 9.17) is 0 Å². The van der Waals surface area contributed by atoms with Crippen LogP contribution in [0.3, 0.4) is 0 Å². The summed E-state index contributed by atoms with van der Waals surface area (Å²) in [6, 6.07) is 0. The Morgan fingerprint density at radius 3 is 2.29 bits per heavy atom. The third-order valence-electron chi connectivity index (χ3n) is 1.85. The Labute approximate surface area is 93.5 Å². The van der Waals surface area contributed by atoms with E-state index in [-0.39, 0.29) is 0 Å². The van der Waals surface area contributed by atoms with Gasteiger partial charge in [-0.1, -0.05) is 22.9 Å². The third-order valence-corrected chi connectivity index (χ3v) is 3.81. The Kier molecular flexibility index (Phi) is 5.66. The van der Waals surface area contributed by atoms with Crippen LogP contribution in [-0.4, -0.2) is 37.2 Å². The number of sulfone groups is 1. The summed E-state index contributed by atoms with van der Waals surface area (Å²) in [5, 5.41) is 1.61. The number of nitrogens with one attached hydrogen (secondary N) is 1. The van der Waals surface area contributed by atoms with Crippen LogP contribution >= 0.6 is 15.9 Å². The molecule has 0 aromatic heterocycles. The minimum absolute atomic E-state index is 0.316. The summed E-state index contributed by atoms with van der Waals surface area (Å²) in [7, 11) is -3.28. The molecule has 0 aromatic rings. The summed E-state index contributed by atoms with van der Waals surface area (Å²) in [5.74, 6) is -0.430. The van der Waals surface area contributed by atoms with E-state index in [1.807, 2.05) is 6.92 Å². The summed E-state index contributed by atoms with van der Waals surface area (Å²) >= 11 is 3.33. The molecule has 0 aliphatic heterocycles. The fourth-order valence-corrected chi connectivity index (χ4v) is 1.43. The number of carbonyl (C=O) groups is 1. The van der Waals surface area contributed by atoms with E-state index in [1.165, 1.54) is 6.92 Å². The van der Waals surface area contributed by atoms with E-state index in [0.29, 0.717) is 11.4 Å². The lowest BCUT2D eigenvalue weighted by molar-refractivity contribution is -0.120. The summed E-state index contributed by atoms with van der Waals surface area (Å²) in [6.45, 7) is 3.85. The average Bonchev–Trinajstić information content (AvgIpc) is 2.00. The molecule has 6 heteroatoms. The number of hydrogen-bond acceptors (Lipinski definition) is 3. The normalized spacial score (nSPS) is 16.0. The van der Waals surface area contributed by atoms with Gasteiger partial charge in [0, 0.05) is 17.6 Å². The van der Waals surface area contributed by atoms with Gasteiger partial charge in [0.1, 0.15) is 5.25 Å². The van der Waals surface area contributed by atoms with Crippen molar-refractivity contribution in [3.05, 3.63) is 0 Å². The van der Waals surface area contributed by atoms with Gasteiger partial charge in [0.2, 0.25) is 5.91 Å². The lowest BCUT2D eigenvalue weighted by atomic mass is 10.3. The number of amides is 1. The minimum atomic E-state index is -3.28. The molecule has 0 radical (unpaired) electrons. The number of hydrogen-bond donors (Lipinski definition) is 1. The van der Waals surface area contributed by atoms with E-state index >= 15 is 0 Å². The molecule has 0 spiro atoms. The first-order valence-corrected chi connectivity index (χ1v) is 7.23. The quantitative estimate of drug-likeness (QED) is 0.757. The molecule has 2 unspecified atom stereocenters. The van der Waals surface area contributed by atoms with Crippen molar-refractivity contribution >= 4 is 31.7 Å². The molecule has 0 saturated carbocycles. The standard InChI is InChI=1S/C8H16BrNO3S/c1-6(9)4-5-10-8(11)7(2)14(3,12)13/h6-7H,4-5H2,1-3H3,(H,10,11). The van der Waals surface area contributed by atoms with Crippen LogP contribution in [0.2, 0.25) is 0 Å². The highest BCUT2D eigenvalue weighted by atomic mass is 79.9. The summed E-state index contributed by atoms with van der Waals surface area (Å²) < 4.78 is 22.0. The predicted molar refractivity (Wildman–Crippen MR) is 60.3 cm³/mol. The van der Waals surface area contributed by atoms with E-state index in [0.717, 1.165) is 12.7 Å². The molecule has 0 fully saturated rings. The largest absolute Gasteiger partial charge is 0.355 e. The van der Waals surface area contributed by atoms with Crippen LogP contribution in [0.25, 0.3) is 0 Å². The number of carbonyl (C=O) groups excluding carboxylic acids is 1. The predicted octanol–water partition coefficient (Wildman–Crippen LogP) is 0.709. The molecule has 1 N–H and O–H groups in total. The van der Waals surface area contributed by atoms with E-state index in [2.05, 4.69) is 21.2 Å². The van der Waals surface area contributed by atoms with Crippen LogP contribution in [0.1, 0.15) is 20.3 Å². The van der Waals surface area contributed by atoms with Gasteiger partial charge in [-0.25, -0.2) is 8.42 Å². The van der Waals surface area contributed by atoms with E-state index in [9.17, 15) is 13.2 Å². The molecule has 0 saturated heterocycles. The van der Waals surface area contributed by atoms with Crippen molar-refractivity contribution in [1.29, 1.82) is 0 Å². The summed E-state index contributed by atoms with van der Waals surface area (Å²) in [6.07, 6.45) is 1.84. The maximum Gasteiger partial charge on any atom is 0.238 e. The van der Waals surface area contributed by atoms with Crippen LogP contribution in [-0.2, 0) is 14.6 Å². The van der Waals surface area contributed by atoms with Crippen molar-refractivity contribution < 1.29 is 13.2 Å². The first-order valence-electron chi connectivity index (χ1n) is 4.35. The molecule has 4 nitrogen and oxygen atoms in total. The zero-order valence-corrected chi connectivity index (χ0v) is 11.0. The van der Waals surface area contributed by atoms with Gasteiger partial charge in [0.05, 0.1) is 0 Å². The maximum atomic E-state index is 11.3. The third kappa shape index (κ3) is 5.59. The second kappa shape index (κ2) is 5.70. The Hall–Kier alpha value is -0.100. The lowest BCUT2D eigenvalue weighted by Gasteiger charge is -2.10. The van der Waals surface area contributed by atoms with Gasteiger partial charge >= 0.3 is 0 Å². The monoisotopic (exact) mass is 285 g/mol. The highest BCUT2D eigenvalue weighted by molar-refractivity contribution is 9.09. The molecule has 0 aromatic carbocycles. The Balaban J connectivity index is 3.98. The Morgan fingerprint density at radius 2 is 1.93 bits per heavy atom. The van der Waals surface area contributed by atoms with Gasteiger partial charge in [-0.3, -0.25) is 4.79 Å². The van der Waals surface area contributed by atoms with Crippen molar-refractivity contribution in [2.24, 2.45) is 0 Å². The van der Waals surface area contributed by atoms with Crippen LogP contribution in [0.15, 0.2) is 0 Å². The zero-order valence-electron chi connectivity index (χ0n) is 8.58. The molecule has 1 amide bonds. The fraction of sp³-hybridized carbons (Fsp3) is 0.875. The van der Waals surface area contributed by atoms with Crippen LogP contribution < -0.4 is 5.32 Å². The molecule has 0 bridgehead atoms. The highest BCUT2D eigenvalue weighted by Gasteiger charge is 2.22. The zero-order chi connectivity index (χ0) is 11.4. The van der Waals surface area contributed by atoms with Gasteiger partial charge in [0.15, 0.2) is 9.84 Å². The molecule has 2 atom stereocenters. The minimum Gasteiger partial charge on any atom is -0.355 e. The molecule has 0 aliphatic rings. The molecular weight excluding hydrogens is 270 g/mol. The summed E-state index contributed by atoms with van der Waals surface area (Å²) in [4.78, 5) is 11.6. The van der Waals surface area contributed by atoms with Crippen molar-refractivity contribution in [1.82, 2.24) is 5.32 Å². The number of halogens is 1. The Bertz CT molecular complexity index is 287. The van der Waals surface area contributed by atoms with Gasteiger partial charge in [-0.15, -0.1) is 0 Å². The van der Waals surface area contributed by atoms with E-state index < -0.39 is 21.0 Å². The van der Waals surface area contributed by atoms with Gasteiger partial charge in [0.25, 0.3) is 0 Å². The smallest absolute Gasteiger partial charge is 0.238 e. The SMILES string of the molecule is CC(Br)CCNC(=O)C(C)S(C)(=O)=O. The van der Waals surface area contributed by atoms with Crippen LogP contribution in [0, 0.1) is 0 Å². The molecular formula is C8H16BrNO3S. The molecule has 14 heavy (non-hydrogen) atoms. The average molecular weight is 286 g/mol. The van der Waals surface area contributed by atoms with Crippen molar-refractivity contribution in [2.75, 3.05) is 12.8 Å². The first-order chi connectivity index (χ1) is 6.25. The Morgan fingerprint density at radius 1 is 1.43 bits per heavy atom. The van der Waals surface area contributed by atoms with Gasteiger partial charge in [-0.05, 0) is 13.3 Å². The van der Waals surface area contributed by atoms with Gasteiger partial charge < -0.3 is 5.32 Å². The number of rotatable bonds is 5. The maximum absolute atomic E-state index is 11.3. The second-order valence-corrected chi connectivity index (χ2v) is 7.26. The van der Waals surface area contributed by atoms with Crippen molar-refractivity contribution in [3.8, 4) is 0 Å². The second-order valence-electron chi connectivity index (χ2n) is 3.33. The van der Waals surface area contributed by atoms with Crippen molar-refractivity contribution in [3.63, 3.8) is 0 Å². The van der Waals surface area contributed by atoms with E-state index in [1.54, 1.807) is 0 Å². The lowest BCUT2D eigenvalue weighted by Crippen LogP contribution is -2.38. The fourth-order valence-electron chi connectivity index (χ4n) is 0.732. The highest BCUT2D eigenvalue weighted by Crippen LogP contribution is 2.02. The molecule has 0 heterocycles. The topological polar surface area (TPSA) is 63.2 Å². The molecule has 84 valence electrons.